The maximum absolute atomic E-state index is 13.3. The number of amides is 1. The number of unbranched alkanes of at least 4 members (excludes halogenated alkanes) is 20. The smallest absolute Gasteiger partial charge is 0.306 e. The van der Waals surface area contributed by atoms with Crippen molar-refractivity contribution in [3.63, 3.8) is 0 Å². The van der Waals surface area contributed by atoms with Crippen LogP contribution in [-0.2, 0) is 23.8 Å². The molecule has 8 unspecified atom stereocenters. The molecule has 1 fully saturated rings. The number of nitrogens with one attached hydrogen (secondary N) is 1. The van der Waals surface area contributed by atoms with Gasteiger partial charge in [-0.1, -0.05) is 221 Å². The topological polar surface area (TPSA) is 175 Å². The first-order valence-corrected chi connectivity index (χ1v) is 27.1. The molecule has 0 saturated carbocycles. The van der Waals surface area contributed by atoms with Crippen LogP contribution in [0.3, 0.4) is 0 Å². The van der Waals surface area contributed by atoms with Crippen molar-refractivity contribution in [2.24, 2.45) is 0 Å². The lowest BCUT2D eigenvalue weighted by Gasteiger charge is -2.41. The Kier molecular flexibility index (Phi) is 42.1. The fraction of sp³-hybridized carbons (Fsp3) is 0.690. The number of aliphatic hydroxyl groups excluding tert-OH is 5. The molecule has 1 saturated heterocycles. The Morgan fingerprint density at radius 1 is 0.580 bits per heavy atom. The van der Waals surface area contributed by atoms with Gasteiger partial charge in [0.15, 0.2) is 12.4 Å². The molecule has 69 heavy (non-hydrogen) atoms. The Hall–Kier alpha value is -3.42. The Bertz CT molecular complexity index is 1480. The Balaban J connectivity index is 2.80. The lowest BCUT2D eigenvalue weighted by Crippen LogP contribution is -2.61. The summed E-state index contributed by atoms with van der Waals surface area (Å²) >= 11 is 0. The minimum absolute atomic E-state index is 0.0998. The lowest BCUT2D eigenvalue weighted by atomic mass is 9.99. The first-order valence-electron chi connectivity index (χ1n) is 27.1. The Morgan fingerprint density at radius 3 is 1.57 bits per heavy atom. The SMILES string of the molecule is CC/C=C/C=C/C=C\C=C/CCCCC(O)C(=O)NC(COC1OC(CO)C(O)C(O)C1OC(=O)CCCCCCCCC/C=C/C=C/C=C/CC)C(O)/C=C/CCCCCCCCCCCCC. The van der Waals surface area contributed by atoms with Crippen LogP contribution in [0.4, 0.5) is 0 Å². The number of ether oxygens (including phenoxy) is 3. The molecule has 0 aliphatic carbocycles. The molecule has 1 amide bonds. The van der Waals surface area contributed by atoms with E-state index in [0.29, 0.717) is 12.8 Å². The quantitative estimate of drug-likeness (QED) is 0.0149. The summed E-state index contributed by atoms with van der Waals surface area (Å²) in [5.74, 6) is -1.26. The zero-order valence-electron chi connectivity index (χ0n) is 43.1. The van der Waals surface area contributed by atoms with Crippen molar-refractivity contribution < 1.29 is 49.3 Å². The van der Waals surface area contributed by atoms with Gasteiger partial charge in [-0.15, -0.1) is 0 Å². The molecule has 11 heteroatoms. The number of rotatable bonds is 43. The summed E-state index contributed by atoms with van der Waals surface area (Å²) in [4.78, 5) is 26.4. The van der Waals surface area contributed by atoms with E-state index in [0.717, 1.165) is 96.3 Å². The van der Waals surface area contributed by atoms with Crippen LogP contribution in [0.1, 0.15) is 194 Å². The van der Waals surface area contributed by atoms with Crippen LogP contribution in [0.5, 0.6) is 0 Å². The number of carbonyl (C=O) groups excluding carboxylic acids is 2. The average molecular weight is 968 g/mol. The van der Waals surface area contributed by atoms with Gasteiger partial charge in [0.05, 0.1) is 25.4 Å². The van der Waals surface area contributed by atoms with Gasteiger partial charge in [-0.05, 0) is 64.2 Å². The van der Waals surface area contributed by atoms with E-state index in [4.69, 9.17) is 14.2 Å². The molecular weight excluding hydrogens is 871 g/mol. The minimum Gasteiger partial charge on any atom is -0.454 e. The van der Waals surface area contributed by atoms with E-state index in [9.17, 15) is 35.1 Å². The zero-order chi connectivity index (χ0) is 50.4. The van der Waals surface area contributed by atoms with Gasteiger partial charge in [-0.2, -0.15) is 0 Å². The van der Waals surface area contributed by atoms with E-state index >= 15 is 0 Å². The third-order valence-corrected chi connectivity index (χ3v) is 12.1. The van der Waals surface area contributed by atoms with Crippen molar-refractivity contribution >= 4 is 11.9 Å². The van der Waals surface area contributed by atoms with Crippen molar-refractivity contribution in [3.05, 3.63) is 97.2 Å². The lowest BCUT2D eigenvalue weighted by molar-refractivity contribution is -0.305. The molecule has 1 heterocycles. The van der Waals surface area contributed by atoms with Gasteiger partial charge in [0.2, 0.25) is 5.91 Å². The van der Waals surface area contributed by atoms with Gasteiger partial charge in [0.1, 0.15) is 24.4 Å². The summed E-state index contributed by atoms with van der Waals surface area (Å²) in [5.41, 5.74) is 0. The highest BCUT2D eigenvalue weighted by molar-refractivity contribution is 5.80. The summed E-state index contributed by atoms with van der Waals surface area (Å²) in [7, 11) is 0. The summed E-state index contributed by atoms with van der Waals surface area (Å²) in [6, 6.07) is -1.05. The van der Waals surface area contributed by atoms with E-state index in [1.807, 2.05) is 60.8 Å². The average Bonchev–Trinajstić information content (AvgIpc) is 3.34. The normalized spacial score (nSPS) is 20.6. The molecule has 0 radical (unpaired) electrons. The van der Waals surface area contributed by atoms with Crippen molar-refractivity contribution in [1.29, 1.82) is 0 Å². The third kappa shape index (κ3) is 34.5. The van der Waals surface area contributed by atoms with Gasteiger partial charge in [-0.3, -0.25) is 9.59 Å². The molecule has 0 aromatic rings. The fourth-order valence-corrected chi connectivity index (χ4v) is 7.84. The minimum atomic E-state index is -1.63. The number of allylic oxidation sites excluding steroid dienone is 15. The second-order valence-electron chi connectivity index (χ2n) is 18.4. The summed E-state index contributed by atoms with van der Waals surface area (Å²) < 4.78 is 17.5. The Labute approximate surface area is 418 Å². The number of esters is 1. The molecule has 0 aromatic carbocycles. The maximum Gasteiger partial charge on any atom is 0.306 e. The van der Waals surface area contributed by atoms with Crippen LogP contribution in [0.2, 0.25) is 0 Å². The first-order chi connectivity index (χ1) is 33.7. The maximum atomic E-state index is 13.3. The molecule has 1 rings (SSSR count). The van der Waals surface area contributed by atoms with Gasteiger partial charge in [0.25, 0.3) is 0 Å². The number of hydrogen-bond acceptors (Lipinski definition) is 10. The van der Waals surface area contributed by atoms with E-state index < -0.39 is 67.4 Å². The van der Waals surface area contributed by atoms with Gasteiger partial charge >= 0.3 is 5.97 Å². The van der Waals surface area contributed by atoms with Crippen molar-refractivity contribution in [3.8, 4) is 0 Å². The summed E-state index contributed by atoms with van der Waals surface area (Å²) in [6.45, 7) is 5.45. The highest BCUT2D eigenvalue weighted by Crippen LogP contribution is 2.26. The molecule has 0 aromatic heterocycles. The molecule has 0 spiro atoms. The summed E-state index contributed by atoms with van der Waals surface area (Å²) in [5, 5.41) is 56.6. The van der Waals surface area contributed by atoms with Gasteiger partial charge < -0.3 is 45.1 Å². The van der Waals surface area contributed by atoms with Crippen LogP contribution in [0, 0.1) is 0 Å². The number of hydrogen-bond donors (Lipinski definition) is 6. The number of aliphatic hydroxyl groups is 5. The van der Waals surface area contributed by atoms with Crippen molar-refractivity contribution in [2.45, 2.75) is 243 Å². The zero-order valence-corrected chi connectivity index (χ0v) is 43.1. The van der Waals surface area contributed by atoms with Crippen LogP contribution < -0.4 is 5.32 Å². The molecule has 394 valence electrons. The van der Waals surface area contributed by atoms with Crippen molar-refractivity contribution in [1.82, 2.24) is 5.32 Å². The predicted molar refractivity (Wildman–Crippen MR) is 282 cm³/mol. The van der Waals surface area contributed by atoms with Gasteiger partial charge in [0, 0.05) is 6.42 Å². The molecule has 11 nitrogen and oxygen atoms in total. The monoisotopic (exact) mass is 968 g/mol. The highest BCUT2D eigenvalue weighted by Gasteiger charge is 2.47. The van der Waals surface area contributed by atoms with E-state index in [2.05, 4.69) is 56.5 Å². The predicted octanol–water partition coefficient (Wildman–Crippen LogP) is 11.6. The molecule has 1 aliphatic heterocycles. The molecule has 6 N–H and O–H groups in total. The molecule has 1 aliphatic rings. The molecular formula is C58H97NO10. The van der Waals surface area contributed by atoms with Crippen LogP contribution in [0.15, 0.2) is 97.2 Å². The van der Waals surface area contributed by atoms with E-state index in [1.54, 1.807) is 6.08 Å². The van der Waals surface area contributed by atoms with Crippen molar-refractivity contribution in [2.75, 3.05) is 13.2 Å². The highest BCUT2D eigenvalue weighted by atomic mass is 16.7. The third-order valence-electron chi connectivity index (χ3n) is 12.1. The largest absolute Gasteiger partial charge is 0.454 e. The van der Waals surface area contributed by atoms with Crippen LogP contribution in [0.25, 0.3) is 0 Å². The standard InChI is InChI=1S/C58H97NO10/c1-4-7-10-13-16-19-22-25-26-28-31-34-37-40-43-46-53(63)69-56-55(65)54(64)52(47-60)68-58(56)67-48-49(50(61)44-41-38-35-32-30-27-23-20-17-14-11-8-5-2)59-57(66)51(62)45-42-39-36-33-29-24-21-18-15-12-9-6-3/h7,9-10,12-13,15-16,18-19,21-22,24,29,33,41,44,49-52,54-56,58,60-62,64-65H,4-6,8,11,14,17,20,23,25-28,30-32,34-40,42-43,45-48H2,1-3H3,(H,59,66)/b10-7+,12-9+,16-13+,18-15+,22-19+,24-21-,33-29-,44-41+. The molecule has 8 atom stereocenters. The molecule has 0 bridgehead atoms. The summed E-state index contributed by atoms with van der Waals surface area (Å²) in [6.07, 6.45) is 48.9. The number of carbonyl (C=O) groups is 2. The Morgan fingerprint density at radius 2 is 1.04 bits per heavy atom. The van der Waals surface area contributed by atoms with Crippen LogP contribution >= 0.6 is 0 Å². The van der Waals surface area contributed by atoms with Crippen LogP contribution in [-0.4, -0.2) is 99.6 Å². The second-order valence-corrected chi connectivity index (χ2v) is 18.4. The van der Waals surface area contributed by atoms with Gasteiger partial charge in [-0.25, -0.2) is 0 Å². The first kappa shape index (κ1) is 63.6. The van der Waals surface area contributed by atoms with E-state index in [-0.39, 0.29) is 19.4 Å². The second kappa shape index (κ2) is 45.7. The fourth-order valence-electron chi connectivity index (χ4n) is 7.84. The van der Waals surface area contributed by atoms with E-state index in [1.165, 1.54) is 51.4 Å².